The molecule has 0 radical (unpaired) electrons. The molecule has 0 unspecified atom stereocenters. The van der Waals surface area contributed by atoms with Gasteiger partial charge in [-0.1, -0.05) is 5.11 Å². The Morgan fingerprint density at radius 3 is 2.95 bits per heavy atom. The minimum absolute atomic E-state index is 0.497. The lowest BCUT2D eigenvalue weighted by Crippen LogP contribution is -2.38. The first-order valence-corrected chi connectivity index (χ1v) is 5.24. The summed E-state index contributed by atoms with van der Waals surface area (Å²) in [4.78, 5) is 30.2. The third-order valence-electron chi connectivity index (χ3n) is 2.72. The van der Waals surface area contributed by atoms with Crippen LogP contribution >= 0.6 is 0 Å². The molecule has 0 bridgehead atoms. The summed E-state index contributed by atoms with van der Waals surface area (Å²) in [5.41, 5.74) is 6.72. The Hall–Kier alpha value is -2.20. The second-order valence-electron chi connectivity index (χ2n) is 3.82. The average molecular weight is 270 g/mol. The molecule has 0 saturated carbocycles. The number of nitrogens with one attached hydrogen (secondary N) is 1. The van der Waals surface area contributed by atoms with E-state index in [9.17, 15) is 14.7 Å². The van der Waals surface area contributed by atoms with E-state index in [-0.39, 0.29) is 0 Å². The number of aliphatic hydroxyl groups excluding tert-OH is 2. The van der Waals surface area contributed by atoms with Crippen molar-refractivity contribution in [2.75, 3.05) is 6.61 Å². The zero-order valence-electron chi connectivity index (χ0n) is 9.45. The van der Waals surface area contributed by atoms with Gasteiger partial charge in [-0.05, 0) is 5.53 Å². The molecule has 3 N–H and O–H groups in total. The fourth-order valence-electron chi connectivity index (χ4n) is 1.85. The highest BCUT2D eigenvalue weighted by molar-refractivity contribution is 4.94. The summed E-state index contributed by atoms with van der Waals surface area (Å²) in [6.07, 6.45) is -2.60. The summed E-state index contributed by atoms with van der Waals surface area (Å²) in [6, 6.07) is -1.04. The minimum Gasteiger partial charge on any atom is -0.394 e. The number of aromatic nitrogens is 3. The third-order valence-corrected chi connectivity index (χ3v) is 2.72. The van der Waals surface area contributed by atoms with E-state index in [1.807, 2.05) is 4.98 Å². The Bertz CT molecular complexity index is 619. The molecule has 0 amide bonds. The van der Waals surface area contributed by atoms with Crippen molar-refractivity contribution in [2.45, 2.75) is 24.5 Å². The molecule has 1 aromatic heterocycles. The highest BCUT2D eigenvalue weighted by Crippen LogP contribution is 2.30. The number of aliphatic hydroxyl groups is 2. The van der Waals surface area contributed by atoms with Crippen molar-refractivity contribution >= 4 is 0 Å². The van der Waals surface area contributed by atoms with Crippen LogP contribution in [0.25, 0.3) is 10.4 Å². The molecule has 102 valence electrons. The predicted octanol–water partition coefficient (Wildman–Crippen LogP) is -2.14. The number of hydrogen-bond donors (Lipinski definition) is 3. The van der Waals surface area contributed by atoms with Gasteiger partial charge in [0.15, 0.2) is 6.23 Å². The van der Waals surface area contributed by atoms with Gasteiger partial charge in [0.05, 0.1) is 18.8 Å². The van der Waals surface area contributed by atoms with Gasteiger partial charge in [-0.2, -0.15) is 4.98 Å². The van der Waals surface area contributed by atoms with E-state index in [1.54, 1.807) is 0 Å². The molecular formula is C8H10N6O5. The smallest absolute Gasteiger partial charge is 0.350 e. The fourth-order valence-corrected chi connectivity index (χ4v) is 1.85. The van der Waals surface area contributed by atoms with E-state index in [2.05, 4.69) is 15.0 Å². The molecule has 1 fully saturated rings. The summed E-state index contributed by atoms with van der Waals surface area (Å²) in [5, 5.41) is 22.3. The van der Waals surface area contributed by atoms with Crippen molar-refractivity contribution in [3.63, 3.8) is 0 Å². The van der Waals surface area contributed by atoms with Crippen LogP contribution in [0, 0.1) is 0 Å². The number of nitrogens with zero attached hydrogens (tertiary/aromatic N) is 5. The monoisotopic (exact) mass is 270 g/mol. The summed E-state index contributed by atoms with van der Waals surface area (Å²) < 4.78 is 6.08. The van der Waals surface area contributed by atoms with Crippen LogP contribution in [0.4, 0.5) is 0 Å². The SMILES string of the molecule is [N-]=[N+]=N[C@H]1[C@@H](O)[C@H](n2cnc(=O)[nH]c2=O)O[C@@H]1CO. The molecule has 0 aliphatic carbocycles. The standard InChI is InChI=1S/C8H10N6O5/c9-13-12-4-3(1-15)19-6(5(4)16)14-2-10-7(17)11-8(14)18/h2-6,15-16H,1H2,(H,11,17,18)/t3-,4-,5-,6-/m1/s1. The van der Waals surface area contributed by atoms with Gasteiger partial charge < -0.3 is 14.9 Å². The molecule has 11 heteroatoms. The van der Waals surface area contributed by atoms with Crippen molar-refractivity contribution in [1.82, 2.24) is 14.5 Å². The number of aromatic amines is 1. The zero-order valence-corrected chi connectivity index (χ0v) is 9.45. The lowest BCUT2D eigenvalue weighted by Gasteiger charge is -2.16. The molecule has 1 saturated heterocycles. The molecule has 1 aliphatic heterocycles. The highest BCUT2D eigenvalue weighted by Gasteiger charge is 2.44. The van der Waals surface area contributed by atoms with Gasteiger partial charge in [0.2, 0.25) is 0 Å². The normalized spacial score (nSPS) is 30.0. The minimum atomic E-state index is -1.35. The molecule has 1 aromatic rings. The maximum Gasteiger partial charge on any atom is 0.350 e. The van der Waals surface area contributed by atoms with Gasteiger partial charge in [-0.25, -0.2) is 9.59 Å². The maximum absolute atomic E-state index is 11.5. The van der Waals surface area contributed by atoms with Gasteiger partial charge >= 0.3 is 11.4 Å². The highest BCUT2D eigenvalue weighted by atomic mass is 16.5. The number of rotatable bonds is 3. The molecular weight excluding hydrogens is 260 g/mol. The number of ether oxygens (including phenoxy) is 1. The third kappa shape index (κ3) is 2.35. The van der Waals surface area contributed by atoms with Crippen molar-refractivity contribution in [3.8, 4) is 0 Å². The molecule has 19 heavy (non-hydrogen) atoms. The summed E-state index contributed by atoms with van der Waals surface area (Å²) in [5.74, 6) is 0. The molecule has 2 rings (SSSR count). The van der Waals surface area contributed by atoms with Crippen molar-refractivity contribution in [3.05, 3.63) is 37.7 Å². The van der Waals surface area contributed by atoms with Crippen LogP contribution in [-0.4, -0.2) is 49.6 Å². The predicted molar refractivity (Wildman–Crippen MR) is 59.1 cm³/mol. The van der Waals surface area contributed by atoms with Gasteiger partial charge in [-0.3, -0.25) is 9.55 Å². The number of azide groups is 1. The molecule has 0 spiro atoms. The van der Waals surface area contributed by atoms with E-state index in [0.29, 0.717) is 0 Å². The molecule has 1 aliphatic rings. The first kappa shape index (κ1) is 13.2. The van der Waals surface area contributed by atoms with Gasteiger partial charge in [0, 0.05) is 4.91 Å². The molecule has 2 heterocycles. The van der Waals surface area contributed by atoms with Crippen molar-refractivity contribution < 1.29 is 14.9 Å². The molecule has 0 aromatic carbocycles. The second kappa shape index (κ2) is 5.20. The molecule has 4 atom stereocenters. The second-order valence-corrected chi connectivity index (χ2v) is 3.82. The fraction of sp³-hybridized carbons (Fsp3) is 0.625. The summed E-state index contributed by atoms with van der Waals surface area (Å²) >= 11 is 0. The van der Waals surface area contributed by atoms with E-state index in [1.165, 1.54) is 0 Å². The van der Waals surface area contributed by atoms with Crippen molar-refractivity contribution in [2.24, 2.45) is 5.11 Å². The van der Waals surface area contributed by atoms with Gasteiger partial charge in [-0.15, -0.1) is 0 Å². The van der Waals surface area contributed by atoms with E-state index >= 15 is 0 Å². The lowest BCUT2D eigenvalue weighted by atomic mass is 10.1. The Kier molecular flexibility index (Phi) is 3.62. The Morgan fingerprint density at radius 2 is 2.37 bits per heavy atom. The Labute approximate surface area is 104 Å². The van der Waals surface area contributed by atoms with Crippen LogP contribution < -0.4 is 11.4 Å². The topological polar surface area (TPSA) is 166 Å². The van der Waals surface area contributed by atoms with Gasteiger partial charge in [0.1, 0.15) is 12.4 Å². The Balaban J connectivity index is 2.38. The quantitative estimate of drug-likeness (QED) is 0.322. The van der Waals surface area contributed by atoms with E-state index in [4.69, 9.17) is 15.4 Å². The van der Waals surface area contributed by atoms with Crippen LogP contribution in [0.15, 0.2) is 21.0 Å². The van der Waals surface area contributed by atoms with E-state index < -0.39 is 42.5 Å². The molecule has 11 nitrogen and oxygen atoms in total. The van der Waals surface area contributed by atoms with Crippen LogP contribution in [0.1, 0.15) is 6.23 Å². The summed E-state index contributed by atoms with van der Waals surface area (Å²) in [6.45, 7) is -0.497. The largest absolute Gasteiger partial charge is 0.394 e. The first-order chi connectivity index (χ1) is 9.08. The lowest BCUT2D eigenvalue weighted by molar-refractivity contribution is -0.0538. The van der Waals surface area contributed by atoms with Crippen molar-refractivity contribution in [1.29, 1.82) is 0 Å². The Morgan fingerprint density at radius 1 is 1.63 bits per heavy atom. The first-order valence-electron chi connectivity index (χ1n) is 5.24. The van der Waals surface area contributed by atoms with Crippen LogP contribution in [-0.2, 0) is 4.74 Å². The van der Waals surface area contributed by atoms with Gasteiger partial charge in [0.25, 0.3) is 0 Å². The summed E-state index contributed by atoms with van der Waals surface area (Å²) in [7, 11) is 0. The number of H-pyrrole nitrogens is 1. The average Bonchev–Trinajstić information content (AvgIpc) is 2.68. The zero-order chi connectivity index (χ0) is 14.0. The van der Waals surface area contributed by atoms with E-state index in [0.717, 1.165) is 10.9 Å². The van der Waals surface area contributed by atoms with Crippen LogP contribution in [0.5, 0.6) is 0 Å². The number of hydrogen-bond acceptors (Lipinski definition) is 7. The van der Waals surface area contributed by atoms with Crippen LogP contribution in [0.3, 0.4) is 0 Å². The van der Waals surface area contributed by atoms with Crippen LogP contribution in [0.2, 0.25) is 0 Å². The maximum atomic E-state index is 11.5.